The Morgan fingerprint density at radius 3 is 1.52 bits per heavy atom. The number of rotatable bonds is 3. The lowest BCUT2D eigenvalue weighted by Gasteiger charge is -2.18. The van der Waals surface area contributed by atoms with E-state index in [-0.39, 0.29) is 17.6 Å². The normalized spacial score (nSPS) is 14.0. The molecule has 0 unspecified atom stereocenters. The van der Waals surface area contributed by atoms with Crippen LogP contribution in [0.25, 0.3) is 0 Å². The van der Waals surface area contributed by atoms with E-state index in [9.17, 15) is 8.42 Å². The molecule has 0 radical (unpaired) electrons. The topological polar surface area (TPSA) is 96.9 Å². The number of hydrogen-bond acceptors (Lipinski definition) is 6. The minimum absolute atomic E-state index is 0.372. The van der Waals surface area contributed by atoms with Gasteiger partial charge < -0.3 is 0 Å². The third kappa shape index (κ3) is 6.85. The van der Waals surface area contributed by atoms with Crippen LogP contribution in [0.4, 0.5) is 5.95 Å². The van der Waals surface area contributed by atoms with Crippen molar-refractivity contribution in [3.63, 3.8) is 0 Å². The summed E-state index contributed by atoms with van der Waals surface area (Å²) in [6.45, 7) is 0. The number of alkyl halides is 9. The summed E-state index contributed by atoms with van der Waals surface area (Å²) in [5.74, 6) is -1.14. The standard InChI is InChI=1S/C6H2Br3Cl6N5O2S/c7-6(8,9)23(21,22)20-19-3-17-1(4(10,11)12)16-2(18-3)5(13,14)15/h20H,(H,16,17,18,19). The number of hydrazine groups is 1. The zero-order valence-electron chi connectivity index (χ0n) is 9.97. The van der Waals surface area contributed by atoms with Crippen LogP contribution in [-0.2, 0) is 17.6 Å². The molecule has 2 N–H and O–H groups in total. The number of nitrogens with one attached hydrogen (secondary N) is 2. The maximum Gasteiger partial charge on any atom is 0.264 e. The summed E-state index contributed by atoms with van der Waals surface area (Å²) in [6, 6.07) is 0. The molecule has 23 heavy (non-hydrogen) atoms. The lowest BCUT2D eigenvalue weighted by atomic mass is 10.6. The van der Waals surface area contributed by atoms with Gasteiger partial charge in [0.2, 0.25) is 15.0 Å². The van der Waals surface area contributed by atoms with Gasteiger partial charge in [-0.1, -0.05) is 69.6 Å². The van der Waals surface area contributed by atoms with Gasteiger partial charge in [-0.2, -0.15) is 9.97 Å². The molecule has 0 saturated carbocycles. The number of hydrogen-bond donors (Lipinski definition) is 2. The summed E-state index contributed by atoms with van der Waals surface area (Å²) in [6.07, 6.45) is 0. The van der Waals surface area contributed by atoms with Crippen LogP contribution in [0.1, 0.15) is 11.6 Å². The summed E-state index contributed by atoms with van der Waals surface area (Å²) in [5, 5.41) is 0. The second kappa shape index (κ2) is 7.87. The molecular formula is C6H2Br3Cl6N5O2S. The van der Waals surface area contributed by atoms with E-state index in [2.05, 4.69) is 68.2 Å². The Morgan fingerprint density at radius 1 is 0.826 bits per heavy atom. The van der Waals surface area contributed by atoms with Crippen molar-refractivity contribution in [1.82, 2.24) is 19.8 Å². The SMILES string of the molecule is O=S(=O)(NNc1nc(C(Cl)(Cl)Cl)nc(C(Cl)(Cl)Cl)n1)C(Br)(Br)Br. The van der Waals surface area contributed by atoms with Gasteiger partial charge in [-0.25, -0.2) is 13.4 Å². The van der Waals surface area contributed by atoms with Gasteiger partial charge in [0.15, 0.2) is 11.6 Å². The molecule has 1 aromatic heterocycles. The molecule has 0 saturated heterocycles. The highest BCUT2D eigenvalue weighted by Crippen LogP contribution is 2.41. The molecule has 1 rings (SSSR count). The molecule has 132 valence electrons. The highest BCUT2D eigenvalue weighted by Gasteiger charge is 2.37. The van der Waals surface area contributed by atoms with Crippen LogP contribution in [-0.4, -0.2) is 24.8 Å². The van der Waals surface area contributed by atoms with E-state index in [0.717, 1.165) is 0 Å². The van der Waals surface area contributed by atoms with Crippen LogP contribution in [0.2, 0.25) is 0 Å². The van der Waals surface area contributed by atoms with Crippen LogP contribution in [0, 0.1) is 0 Å². The van der Waals surface area contributed by atoms with Crippen molar-refractivity contribution >= 4 is 133 Å². The fraction of sp³-hybridized carbons (Fsp3) is 0.500. The molecule has 0 fully saturated rings. The Bertz CT molecular complexity index is 655. The number of nitrogens with zero attached hydrogens (tertiary/aromatic N) is 3. The molecular weight excluding hydrogens is 659 g/mol. The maximum absolute atomic E-state index is 11.8. The average molecular weight is 661 g/mol. The van der Waals surface area contributed by atoms with Crippen molar-refractivity contribution in [3.8, 4) is 0 Å². The van der Waals surface area contributed by atoms with E-state index in [0.29, 0.717) is 0 Å². The molecule has 0 aromatic carbocycles. The number of halogens is 9. The number of sulfonamides is 1. The zero-order valence-corrected chi connectivity index (χ0v) is 20.1. The van der Waals surface area contributed by atoms with Gasteiger partial charge in [0.25, 0.3) is 10.0 Å². The summed E-state index contributed by atoms with van der Waals surface area (Å²) in [5.41, 5.74) is 2.17. The van der Waals surface area contributed by atoms with Crippen molar-refractivity contribution in [3.05, 3.63) is 11.6 Å². The Kier molecular flexibility index (Phi) is 7.85. The molecule has 1 aromatic rings. The summed E-state index contributed by atoms with van der Waals surface area (Å²) >= 11 is 42.5. The third-order valence-electron chi connectivity index (χ3n) is 1.74. The second-order valence-corrected chi connectivity index (χ2v) is 18.2. The third-order valence-corrected chi connectivity index (χ3v) is 7.57. The van der Waals surface area contributed by atoms with Gasteiger partial charge in [-0.3, -0.25) is 5.43 Å². The fourth-order valence-corrected chi connectivity index (χ4v) is 2.43. The first kappa shape index (κ1) is 22.9. The van der Waals surface area contributed by atoms with E-state index in [1.165, 1.54) is 0 Å². The lowest BCUT2D eigenvalue weighted by molar-refractivity contribution is 0.590. The number of anilines is 1. The Balaban J connectivity index is 3.22. The van der Waals surface area contributed by atoms with Gasteiger partial charge in [0.1, 0.15) is 0 Å². The minimum Gasteiger partial charge on any atom is -0.276 e. The zero-order chi connectivity index (χ0) is 18.3. The predicted molar refractivity (Wildman–Crippen MR) is 103 cm³/mol. The molecule has 0 bridgehead atoms. The minimum atomic E-state index is -4.00. The molecule has 17 heteroatoms. The average Bonchev–Trinajstić information content (AvgIpc) is 2.32. The van der Waals surface area contributed by atoms with Crippen molar-refractivity contribution in [1.29, 1.82) is 0 Å². The predicted octanol–water partition coefficient (Wildman–Crippen LogP) is 4.57. The van der Waals surface area contributed by atoms with E-state index in [1.807, 2.05) is 4.83 Å². The van der Waals surface area contributed by atoms with Crippen LogP contribution in [0.5, 0.6) is 0 Å². The van der Waals surface area contributed by atoms with E-state index < -0.39 is 19.1 Å². The molecule has 0 aliphatic carbocycles. The van der Waals surface area contributed by atoms with Gasteiger partial charge in [0, 0.05) is 0 Å². The lowest BCUT2D eigenvalue weighted by Crippen LogP contribution is -2.38. The molecule has 0 aliphatic heterocycles. The summed E-state index contributed by atoms with van der Waals surface area (Å²) < 4.78 is 17.9. The quantitative estimate of drug-likeness (QED) is 0.365. The molecule has 0 amide bonds. The van der Waals surface area contributed by atoms with Crippen molar-refractivity contribution in [2.24, 2.45) is 0 Å². The first-order valence-corrected chi connectivity index (χ1v) is 10.9. The summed E-state index contributed by atoms with van der Waals surface area (Å²) in [4.78, 5) is 13.1. The van der Waals surface area contributed by atoms with Gasteiger partial charge >= 0.3 is 0 Å². The molecule has 7 nitrogen and oxygen atoms in total. The highest BCUT2D eigenvalue weighted by molar-refractivity contribution is 9.42. The fourth-order valence-electron chi connectivity index (χ4n) is 0.856. The molecule has 0 atom stereocenters. The van der Waals surface area contributed by atoms with E-state index >= 15 is 0 Å². The Morgan fingerprint density at radius 2 is 1.22 bits per heavy atom. The highest BCUT2D eigenvalue weighted by atomic mass is 80.0. The van der Waals surface area contributed by atoms with Gasteiger partial charge in [0.05, 0.1) is 0 Å². The van der Waals surface area contributed by atoms with Crippen molar-refractivity contribution in [2.75, 3.05) is 5.43 Å². The molecule has 0 spiro atoms. The second-order valence-electron chi connectivity index (χ2n) is 3.48. The van der Waals surface area contributed by atoms with Crippen molar-refractivity contribution in [2.45, 2.75) is 9.06 Å². The van der Waals surface area contributed by atoms with Crippen LogP contribution >= 0.6 is 117 Å². The number of aromatic nitrogens is 3. The van der Waals surface area contributed by atoms with Crippen molar-refractivity contribution < 1.29 is 8.42 Å². The first-order chi connectivity index (χ1) is 10.0. The monoisotopic (exact) mass is 655 g/mol. The summed E-state index contributed by atoms with van der Waals surface area (Å²) in [7, 11) is -4.00. The van der Waals surface area contributed by atoms with Gasteiger partial charge in [-0.05, 0) is 47.8 Å². The molecule has 0 aliphatic rings. The molecule has 1 heterocycles. The van der Waals surface area contributed by atoms with E-state index in [1.54, 1.807) is 0 Å². The first-order valence-electron chi connectivity index (χ1n) is 4.78. The van der Waals surface area contributed by atoms with Crippen LogP contribution in [0.3, 0.4) is 0 Å². The van der Waals surface area contributed by atoms with E-state index in [4.69, 9.17) is 69.6 Å². The Hall–Kier alpha value is 1.90. The largest absolute Gasteiger partial charge is 0.276 e. The maximum atomic E-state index is 11.8. The van der Waals surface area contributed by atoms with Crippen LogP contribution < -0.4 is 10.3 Å². The van der Waals surface area contributed by atoms with Gasteiger partial charge in [-0.15, -0.1) is 4.83 Å². The van der Waals surface area contributed by atoms with Crippen LogP contribution in [0.15, 0.2) is 0 Å². The Labute approximate surface area is 185 Å². The smallest absolute Gasteiger partial charge is 0.264 e.